The van der Waals surface area contributed by atoms with Crippen LogP contribution in [0.3, 0.4) is 0 Å². The fourth-order valence-electron chi connectivity index (χ4n) is 1.70. The lowest BCUT2D eigenvalue weighted by Crippen LogP contribution is -2.57. The first-order chi connectivity index (χ1) is 7.37. The van der Waals surface area contributed by atoms with Crippen LogP contribution in [0.25, 0.3) is 0 Å². The quantitative estimate of drug-likeness (QED) is 0.780. The number of hydrogen-bond donors (Lipinski definition) is 1. The van der Waals surface area contributed by atoms with Crippen molar-refractivity contribution in [3.63, 3.8) is 0 Å². The molecule has 0 aliphatic carbocycles. The lowest BCUT2D eigenvalue weighted by molar-refractivity contribution is -0.0403. The normalized spacial score (nSPS) is 19.2. The van der Waals surface area contributed by atoms with Crippen LogP contribution in [0.5, 0.6) is 0 Å². The largest absolute Gasteiger partial charge is 0.444 e. The molecule has 1 heterocycles. The molecule has 1 atom stereocenters. The Kier molecular flexibility index (Phi) is 4.15. The summed E-state index contributed by atoms with van der Waals surface area (Å²) in [6, 6.07) is 0. The Morgan fingerprint density at radius 1 is 1.50 bits per heavy atom. The first-order valence-electron chi connectivity index (χ1n) is 5.58. The second-order valence-corrected chi connectivity index (χ2v) is 5.16. The smallest absolute Gasteiger partial charge is 0.410 e. The highest BCUT2D eigenvalue weighted by Crippen LogP contribution is 2.23. The van der Waals surface area contributed by atoms with Gasteiger partial charge in [0.2, 0.25) is 0 Å². The van der Waals surface area contributed by atoms with E-state index < -0.39 is 5.60 Å². The van der Waals surface area contributed by atoms with Crippen molar-refractivity contribution in [1.29, 1.82) is 0 Å². The van der Waals surface area contributed by atoms with Crippen molar-refractivity contribution in [2.75, 3.05) is 26.7 Å². The van der Waals surface area contributed by atoms with E-state index in [0.29, 0.717) is 25.6 Å². The fraction of sp³-hybridized carbons (Fsp3) is 0.909. The predicted molar refractivity (Wildman–Crippen MR) is 61.1 cm³/mol. The molecule has 1 unspecified atom stereocenters. The molecule has 0 radical (unpaired) electrons. The lowest BCUT2D eigenvalue weighted by Gasteiger charge is -2.42. The highest BCUT2D eigenvalue weighted by molar-refractivity contribution is 5.69. The molecule has 0 aromatic rings. The van der Waals surface area contributed by atoms with Crippen LogP contribution in [-0.4, -0.2) is 49.4 Å². The third kappa shape index (κ3) is 3.35. The maximum Gasteiger partial charge on any atom is 0.410 e. The first kappa shape index (κ1) is 13.3. The van der Waals surface area contributed by atoms with Gasteiger partial charge in [0.05, 0.1) is 6.10 Å². The monoisotopic (exact) mass is 230 g/mol. The second-order valence-electron chi connectivity index (χ2n) is 5.16. The summed E-state index contributed by atoms with van der Waals surface area (Å²) in [4.78, 5) is 13.3. The first-order valence-corrected chi connectivity index (χ1v) is 5.58. The van der Waals surface area contributed by atoms with Crippen LogP contribution in [0, 0.1) is 5.92 Å². The fourth-order valence-corrected chi connectivity index (χ4v) is 1.70. The molecular weight excluding hydrogens is 208 g/mol. The van der Waals surface area contributed by atoms with E-state index >= 15 is 0 Å². The summed E-state index contributed by atoms with van der Waals surface area (Å²) in [7, 11) is 1.65. The van der Waals surface area contributed by atoms with Gasteiger partial charge >= 0.3 is 6.09 Å². The molecule has 1 amide bonds. The molecule has 1 fully saturated rings. The lowest BCUT2D eigenvalue weighted by atomic mass is 9.94. The molecule has 94 valence electrons. The highest BCUT2D eigenvalue weighted by Gasteiger charge is 2.37. The summed E-state index contributed by atoms with van der Waals surface area (Å²) in [5.41, 5.74) is 5.12. The molecule has 0 aromatic heterocycles. The number of likely N-dealkylation sites (tertiary alicyclic amines) is 1. The molecule has 1 aliphatic rings. The molecule has 5 heteroatoms. The van der Waals surface area contributed by atoms with E-state index in [1.165, 1.54) is 0 Å². The van der Waals surface area contributed by atoms with Gasteiger partial charge in [-0.1, -0.05) is 0 Å². The third-order valence-corrected chi connectivity index (χ3v) is 2.62. The van der Waals surface area contributed by atoms with Crippen LogP contribution in [-0.2, 0) is 9.47 Å². The molecule has 0 spiro atoms. The number of amides is 1. The Morgan fingerprint density at radius 3 is 2.44 bits per heavy atom. The van der Waals surface area contributed by atoms with Crippen molar-refractivity contribution in [3.8, 4) is 0 Å². The average molecular weight is 230 g/mol. The van der Waals surface area contributed by atoms with E-state index in [0.717, 1.165) is 0 Å². The Labute approximate surface area is 96.9 Å². The van der Waals surface area contributed by atoms with E-state index in [-0.39, 0.29) is 12.2 Å². The van der Waals surface area contributed by atoms with Crippen molar-refractivity contribution < 1.29 is 14.3 Å². The van der Waals surface area contributed by atoms with Crippen molar-refractivity contribution in [3.05, 3.63) is 0 Å². The zero-order valence-corrected chi connectivity index (χ0v) is 10.5. The molecule has 5 nitrogen and oxygen atoms in total. The van der Waals surface area contributed by atoms with Crippen molar-refractivity contribution in [2.45, 2.75) is 32.5 Å². The number of methoxy groups -OCH3 is 1. The molecule has 1 aliphatic heterocycles. The van der Waals surface area contributed by atoms with Gasteiger partial charge in [-0.05, 0) is 20.8 Å². The minimum atomic E-state index is -0.434. The summed E-state index contributed by atoms with van der Waals surface area (Å²) in [5.74, 6) is 0.336. The van der Waals surface area contributed by atoms with Crippen LogP contribution in [0.2, 0.25) is 0 Å². The molecule has 1 rings (SSSR count). The van der Waals surface area contributed by atoms with Crippen LogP contribution in [0.15, 0.2) is 0 Å². The minimum absolute atomic E-state index is 0.0405. The summed E-state index contributed by atoms with van der Waals surface area (Å²) in [6.45, 7) is 7.42. The van der Waals surface area contributed by atoms with Gasteiger partial charge in [0.15, 0.2) is 0 Å². The number of rotatable bonds is 3. The number of ether oxygens (including phenoxy) is 2. The summed E-state index contributed by atoms with van der Waals surface area (Å²) in [6.07, 6.45) is -0.214. The van der Waals surface area contributed by atoms with E-state index in [9.17, 15) is 4.79 Å². The van der Waals surface area contributed by atoms with Gasteiger partial charge < -0.3 is 20.1 Å². The van der Waals surface area contributed by atoms with Gasteiger partial charge in [-0.15, -0.1) is 0 Å². The Hall–Kier alpha value is -0.810. The van der Waals surface area contributed by atoms with E-state index in [1.807, 2.05) is 20.8 Å². The predicted octanol–water partition coefficient (Wildman–Crippen LogP) is 0.827. The van der Waals surface area contributed by atoms with Gasteiger partial charge in [0.25, 0.3) is 0 Å². The number of carbonyl (C=O) groups is 1. The van der Waals surface area contributed by atoms with Gasteiger partial charge in [-0.3, -0.25) is 0 Å². The Bertz CT molecular complexity index is 240. The second kappa shape index (κ2) is 5.01. The number of carbonyl (C=O) groups excluding carboxylic acids is 1. The summed E-state index contributed by atoms with van der Waals surface area (Å²) in [5, 5.41) is 0. The average Bonchev–Trinajstić information content (AvgIpc) is 2.06. The van der Waals surface area contributed by atoms with Crippen LogP contribution >= 0.6 is 0 Å². The van der Waals surface area contributed by atoms with Crippen molar-refractivity contribution >= 4 is 6.09 Å². The molecule has 2 N–H and O–H groups in total. The van der Waals surface area contributed by atoms with Gasteiger partial charge in [-0.25, -0.2) is 4.79 Å². The molecule has 0 saturated carbocycles. The SMILES string of the molecule is COC(CN)C1CN(C(=O)OC(C)(C)C)C1. The Morgan fingerprint density at radius 2 is 2.06 bits per heavy atom. The topological polar surface area (TPSA) is 64.8 Å². The minimum Gasteiger partial charge on any atom is -0.444 e. The van der Waals surface area contributed by atoms with Crippen molar-refractivity contribution in [1.82, 2.24) is 4.90 Å². The maximum absolute atomic E-state index is 11.6. The standard InChI is InChI=1S/C11H22N2O3/c1-11(2,3)16-10(14)13-6-8(7-13)9(5-12)15-4/h8-9H,5-7,12H2,1-4H3. The van der Waals surface area contributed by atoms with Gasteiger partial charge in [0, 0.05) is 32.7 Å². The van der Waals surface area contributed by atoms with E-state index in [1.54, 1.807) is 12.0 Å². The van der Waals surface area contributed by atoms with E-state index in [4.69, 9.17) is 15.2 Å². The van der Waals surface area contributed by atoms with Gasteiger partial charge in [-0.2, -0.15) is 0 Å². The molecule has 0 aromatic carbocycles. The molecule has 1 saturated heterocycles. The molecule has 16 heavy (non-hydrogen) atoms. The van der Waals surface area contributed by atoms with Gasteiger partial charge in [0.1, 0.15) is 5.60 Å². The van der Waals surface area contributed by atoms with Crippen molar-refractivity contribution in [2.24, 2.45) is 11.7 Å². The third-order valence-electron chi connectivity index (χ3n) is 2.62. The summed E-state index contributed by atoms with van der Waals surface area (Å²) >= 11 is 0. The maximum atomic E-state index is 11.6. The summed E-state index contributed by atoms with van der Waals surface area (Å²) < 4.78 is 10.5. The number of nitrogens with zero attached hydrogens (tertiary/aromatic N) is 1. The zero-order valence-electron chi connectivity index (χ0n) is 10.5. The van der Waals surface area contributed by atoms with Crippen LogP contribution < -0.4 is 5.73 Å². The Balaban J connectivity index is 2.33. The van der Waals surface area contributed by atoms with Crippen LogP contribution in [0.4, 0.5) is 4.79 Å². The van der Waals surface area contributed by atoms with E-state index in [2.05, 4.69) is 0 Å². The number of nitrogens with two attached hydrogens (primary N) is 1. The highest BCUT2D eigenvalue weighted by atomic mass is 16.6. The number of hydrogen-bond acceptors (Lipinski definition) is 4. The van der Waals surface area contributed by atoms with Crippen LogP contribution in [0.1, 0.15) is 20.8 Å². The zero-order chi connectivity index (χ0) is 12.3. The molecule has 0 bridgehead atoms. The molecular formula is C11H22N2O3.